The lowest BCUT2D eigenvalue weighted by Crippen LogP contribution is -2.46. The first-order chi connectivity index (χ1) is 14.2. The number of carboxylic acids is 1. The van der Waals surface area contributed by atoms with E-state index in [1.807, 2.05) is 44.3 Å². The number of hydrogen-bond donors (Lipinski definition) is 4. The van der Waals surface area contributed by atoms with Gasteiger partial charge in [-0.2, -0.15) is 0 Å². The van der Waals surface area contributed by atoms with Crippen molar-refractivity contribution in [2.75, 3.05) is 6.54 Å². The number of H-pyrrole nitrogens is 1. The molecule has 0 fully saturated rings. The highest BCUT2D eigenvalue weighted by Gasteiger charge is 2.29. The van der Waals surface area contributed by atoms with Crippen molar-refractivity contribution in [3.05, 3.63) is 36.0 Å². The summed E-state index contributed by atoms with van der Waals surface area (Å²) in [5, 5.41) is 15.3. The lowest BCUT2D eigenvalue weighted by molar-refractivity contribution is -0.140. The highest BCUT2D eigenvalue weighted by atomic mass is 16.4. The minimum Gasteiger partial charge on any atom is -0.481 e. The number of carbonyl (C=O) groups excluding carboxylic acids is 3. The molecule has 30 heavy (non-hydrogen) atoms. The summed E-state index contributed by atoms with van der Waals surface area (Å²) in [4.78, 5) is 50.7. The van der Waals surface area contributed by atoms with E-state index in [9.17, 15) is 19.2 Å². The van der Waals surface area contributed by atoms with E-state index in [2.05, 4.69) is 15.6 Å². The molecule has 0 radical (unpaired) electrons. The molecule has 8 heteroatoms. The van der Waals surface area contributed by atoms with E-state index in [1.54, 1.807) is 0 Å². The van der Waals surface area contributed by atoms with Crippen molar-refractivity contribution in [1.29, 1.82) is 0 Å². The second-order valence-corrected chi connectivity index (χ2v) is 7.78. The zero-order chi connectivity index (χ0) is 22.3. The van der Waals surface area contributed by atoms with Gasteiger partial charge in [-0.25, -0.2) is 0 Å². The molecular weight excluding hydrogens is 386 g/mol. The SMILES string of the molecule is CC(=O)C(CC(=O)O)NC(=O)C(CC(=O)NCCc1c[nH]c2ccccc12)C(C)C. The molecule has 8 nitrogen and oxygen atoms in total. The summed E-state index contributed by atoms with van der Waals surface area (Å²) < 4.78 is 0. The average Bonchev–Trinajstić information content (AvgIpc) is 3.08. The van der Waals surface area contributed by atoms with Gasteiger partial charge < -0.3 is 20.7 Å². The number of ketones is 1. The third-order valence-corrected chi connectivity index (χ3v) is 5.12. The van der Waals surface area contributed by atoms with Crippen LogP contribution >= 0.6 is 0 Å². The third-order valence-electron chi connectivity index (χ3n) is 5.12. The number of Topliss-reactive ketones (excluding diaryl/α,β-unsaturated/α-hetero) is 1. The second-order valence-electron chi connectivity index (χ2n) is 7.78. The molecule has 4 N–H and O–H groups in total. The number of benzene rings is 1. The Morgan fingerprint density at radius 2 is 1.80 bits per heavy atom. The van der Waals surface area contributed by atoms with Crippen LogP contribution in [-0.4, -0.2) is 46.2 Å². The van der Waals surface area contributed by atoms with Gasteiger partial charge in [-0.1, -0.05) is 32.0 Å². The van der Waals surface area contributed by atoms with Crippen LogP contribution in [-0.2, 0) is 25.6 Å². The van der Waals surface area contributed by atoms with Gasteiger partial charge in [0.25, 0.3) is 0 Å². The summed E-state index contributed by atoms with van der Waals surface area (Å²) in [6, 6.07) is 6.82. The number of nitrogens with one attached hydrogen (secondary N) is 3. The van der Waals surface area contributed by atoms with E-state index in [-0.39, 0.29) is 18.2 Å². The Labute approximate surface area is 175 Å². The Bertz CT molecular complexity index is 918. The van der Waals surface area contributed by atoms with Gasteiger partial charge in [-0.3, -0.25) is 19.2 Å². The van der Waals surface area contributed by atoms with Crippen molar-refractivity contribution < 1.29 is 24.3 Å². The molecule has 2 unspecified atom stereocenters. The smallest absolute Gasteiger partial charge is 0.305 e. The van der Waals surface area contributed by atoms with E-state index < -0.39 is 36.0 Å². The maximum absolute atomic E-state index is 12.6. The zero-order valence-corrected chi connectivity index (χ0v) is 17.5. The molecular formula is C22H29N3O5. The zero-order valence-electron chi connectivity index (χ0n) is 17.5. The summed E-state index contributed by atoms with van der Waals surface area (Å²) in [6.45, 7) is 5.28. The molecule has 1 aromatic carbocycles. The standard InChI is InChI=1S/C22H29N3O5/c1-13(2)17(22(30)25-19(14(3)26)11-21(28)29)10-20(27)23-9-8-15-12-24-18-7-5-4-6-16(15)18/h4-7,12-13,17,19,24H,8-11H2,1-3H3,(H,23,27)(H,25,30)(H,28,29). The van der Waals surface area contributed by atoms with Crippen LogP contribution in [0.3, 0.4) is 0 Å². The van der Waals surface area contributed by atoms with Gasteiger partial charge in [0.2, 0.25) is 11.8 Å². The predicted octanol–water partition coefficient (Wildman–Crippen LogP) is 2.04. The molecule has 162 valence electrons. The second kappa shape index (κ2) is 10.6. The van der Waals surface area contributed by atoms with E-state index in [0.717, 1.165) is 16.5 Å². The summed E-state index contributed by atoms with van der Waals surface area (Å²) in [7, 11) is 0. The lowest BCUT2D eigenvalue weighted by atomic mass is 9.90. The molecule has 0 spiro atoms. The molecule has 2 atom stereocenters. The lowest BCUT2D eigenvalue weighted by Gasteiger charge is -2.22. The number of fused-ring (bicyclic) bond motifs is 1. The first kappa shape index (κ1) is 23.1. The fourth-order valence-corrected chi connectivity index (χ4v) is 3.33. The number of rotatable bonds is 11. The quantitative estimate of drug-likeness (QED) is 0.446. The van der Waals surface area contributed by atoms with E-state index in [1.165, 1.54) is 6.92 Å². The first-order valence-electron chi connectivity index (χ1n) is 10.0. The summed E-state index contributed by atoms with van der Waals surface area (Å²) in [5.41, 5.74) is 2.14. The van der Waals surface area contributed by atoms with Gasteiger partial charge in [0.1, 0.15) is 0 Å². The Kier molecular flexibility index (Phi) is 8.15. The van der Waals surface area contributed by atoms with Gasteiger partial charge in [0, 0.05) is 36.0 Å². The molecule has 1 aromatic heterocycles. The molecule has 0 saturated heterocycles. The van der Waals surface area contributed by atoms with Crippen LogP contribution in [0, 0.1) is 11.8 Å². The molecule has 0 bridgehead atoms. The van der Waals surface area contributed by atoms with Crippen LogP contribution in [0.5, 0.6) is 0 Å². The molecule has 2 amide bonds. The average molecular weight is 415 g/mol. The summed E-state index contributed by atoms with van der Waals surface area (Å²) in [6.07, 6.45) is 2.06. The third kappa shape index (κ3) is 6.43. The minimum atomic E-state index is -1.17. The van der Waals surface area contributed by atoms with Crippen LogP contribution < -0.4 is 10.6 Å². The normalized spacial score (nSPS) is 13.1. The van der Waals surface area contributed by atoms with Gasteiger partial charge in [0.15, 0.2) is 5.78 Å². The number of carbonyl (C=O) groups is 4. The molecule has 1 heterocycles. The van der Waals surface area contributed by atoms with Crippen LogP contribution in [0.15, 0.2) is 30.5 Å². The first-order valence-corrected chi connectivity index (χ1v) is 10.0. The maximum atomic E-state index is 12.6. The summed E-state index contributed by atoms with van der Waals surface area (Å²) in [5.74, 6) is -3.17. The number of aromatic nitrogens is 1. The Balaban J connectivity index is 1.90. The number of carboxylic acid groups (broad SMARTS) is 1. The predicted molar refractivity (Wildman–Crippen MR) is 113 cm³/mol. The van der Waals surface area contributed by atoms with Gasteiger partial charge in [-0.05, 0) is 30.9 Å². The molecule has 2 rings (SSSR count). The van der Waals surface area contributed by atoms with E-state index in [4.69, 9.17) is 5.11 Å². The number of hydrogen-bond acceptors (Lipinski definition) is 4. The fraction of sp³-hybridized carbons (Fsp3) is 0.455. The fourth-order valence-electron chi connectivity index (χ4n) is 3.33. The van der Waals surface area contributed by atoms with Gasteiger partial charge >= 0.3 is 5.97 Å². The molecule has 0 aliphatic carbocycles. The Morgan fingerprint density at radius 1 is 1.10 bits per heavy atom. The van der Waals surface area contributed by atoms with E-state index >= 15 is 0 Å². The number of amides is 2. The van der Waals surface area contributed by atoms with Crippen LogP contribution in [0.2, 0.25) is 0 Å². The van der Waals surface area contributed by atoms with Crippen molar-refractivity contribution in [2.45, 2.75) is 46.1 Å². The summed E-state index contributed by atoms with van der Waals surface area (Å²) >= 11 is 0. The molecule has 0 saturated carbocycles. The topological polar surface area (TPSA) is 128 Å². The molecule has 0 aliphatic heterocycles. The van der Waals surface area contributed by atoms with Gasteiger partial charge in [0.05, 0.1) is 12.5 Å². The van der Waals surface area contributed by atoms with Crippen molar-refractivity contribution >= 4 is 34.5 Å². The highest BCUT2D eigenvalue weighted by molar-refractivity contribution is 5.92. The van der Waals surface area contributed by atoms with Crippen molar-refractivity contribution in [3.63, 3.8) is 0 Å². The van der Waals surface area contributed by atoms with Crippen LogP contribution in [0.1, 0.15) is 39.2 Å². The Morgan fingerprint density at radius 3 is 2.43 bits per heavy atom. The van der Waals surface area contributed by atoms with Crippen LogP contribution in [0.4, 0.5) is 0 Å². The van der Waals surface area contributed by atoms with Crippen molar-refractivity contribution in [3.8, 4) is 0 Å². The highest BCUT2D eigenvalue weighted by Crippen LogP contribution is 2.18. The largest absolute Gasteiger partial charge is 0.481 e. The molecule has 2 aromatic rings. The maximum Gasteiger partial charge on any atom is 0.305 e. The number of para-hydroxylation sites is 1. The van der Waals surface area contributed by atoms with Crippen molar-refractivity contribution in [2.24, 2.45) is 11.8 Å². The molecule has 0 aliphatic rings. The minimum absolute atomic E-state index is 0.0327. The van der Waals surface area contributed by atoms with Gasteiger partial charge in [-0.15, -0.1) is 0 Å². The van der Waals surface area contributed by atoms with Crippen LogP contribution in [0.25, 0.3) is 10.9 Å². The van der Waals surface area contributed by atoms with Crippen molar-refractivity contribution in [1.82, 2.24) is 15.6 Å². The number of aromatic amines is 1. The van der Waals surface area contributed by atoms with E-state index in [0.29, 0.717) is 13.0 Å². The number of aliphatic carboxylic acids is 1. The Hall–Kier alpha value is -3.16. The monoisotopic (exact) mass is 415 g/mol.